The van der Waals surface area contributed by atoms with E-state index in [1.165, 1.54) is 38.5 Å². The maximum absolute atomic E-state index is 11.4. The molecule has 0 heterocycles. The molecule has 0 saturated heterocycles. The second kappa shape index (κ2) is 9.74. The standard InChI is InChI=1S/C31H36O3/c1-20-18-19-25(26-16-8-14-23(30(26)33)21-10-4-2-5-11-21)28(29(20)32)27-17-9-15-24(31(27)34)22-12-6-3-7-13-22/h8-9,14-19,21-22,32-34H,2-7,10-13H2,1H3. The van der Waals surface area contributed by atoms with Crippen molar-refractivity contribution in [2.75, 3.05) is 0 Å². The van der Waals surface area contributed by atoms with E-state index >= 15 is 0 Å². The molecule has 0 aromatic heterocycles. The second-order valence-electron chi connectivity index (χ2n) is 10.3. The summed E-state index contributed by atoms with van der Waals surface area (Å²) in [5.74, 6) is 1.46. The molecule has 3 aromatic rings. The van der Waals surface area contributed by atoms with Gasteiger partial charge in [-0.05, 0) is 66.7 Å². The van der Waals surface area contributed by atoms with Gasteiger partial charge in [-0.1, -0.05) is 87.1 Å². The van der Waals surface area contributed by atoms with Crippen molar-refractivity contribution in [3.63, 3.8) is 0 Å². The van der Waals surface area contributed by atoms with Crippen LogP contribution in [0.25, 0.3) is 22.3 Å². The molecular formula is C31H36O3. The largest absolute Gasteiger partial charge is 0.507 e. The highest BCUT2D eigenvalue weighted by atomic mass is 16.3. The molecule has 2 aliphatic rings. The van der Waals surface area contributed by atoms with Gasteiger partial charge < -0.3 is 15.3 Å². The molecule has 5 rings (SSSR count). The summed E-state index contributed by atoms with van der Waals surface area (Å²) < 4.78 is 0. The Kier molecular flexibility index (Phi) is 6.54. The molecule has 0 unspecified atom stereocenters. The molecule has 3 N–H and O–H groups in total. The second-order valence-corrected chi connectivity index (χ2v) is 10.3. The molecule has 34 heavy (non-hydrogen) atoms. The van der Waals surface area contributed by atoms with Crippen LogP contribution in [0.4, 0.5) is 0 Å². The summed E-state index contributed by atoms with van der Waals surface area (Å²) in [4.78, 5) is 0. The van der Waals surface area contributed by atoms with E-state index in [9.17, 15) is 15.3 Å². The number of rotatable bonds is 4. The third-order valence-electron chi connectivity index (χ3n) is 8.16. The molecule has 2 aliphatic carbocycles. The monoisotopic (exact) mass is 456 g/mol. The quantitative estimate of drug-likeness (QED) is 0.368. The van der Waals surface area contributed by atoms with Gasteiger partial charge in [-0.25, -0.2) is 0 Å². The van der Waals surface area contributed by atoms with Gasteiger partial charge in [-0.15, -0.1) is 0 Å². The smallest absolute Gasteiger partial charge is 0.127 e. The van der Waals surface area contributed by atoms with Crippen LogP contribution in [0.3, 0.4) is 0 Å². The summed E-state index contributed by atoms with van der Waals surface area (Å²) in [7, 11) is 0. The van der Waals surface area contributed by atoms with Crippen molar-refractivity contribution in [2.45, 2.75) is 83.0 Å². The van der Waals surface area contributed by atoms with E-state index in [4.69, 9.17) is 0 Å². The van der Waals surface area contributed by atoms with Gasteiger partial charge in [0.15, 0.2) is 0 Å². The molecule has 3 aromatic carbocycles. The van der Waals surface area contributed by atoms with Crippen molar-refractivity contribution >= 4 is 0 Å². The molecule has 0 spiro atoms. The summed E-state index contributed by atoms with van der Waals surface area (Å²) in [6.07, 6.45) is 11.7. The molecule has 3 heteroatoms. The zero-order valence-corrected chi connectivity index (χ0v) is 20.2. The van der Waals surface area contributed by atoms with Crippen molar-refractivity contribution in [2.24, 2.45) is 0 Å². The van der Waals surface area contributed by atoms with E-state index in [1.54, 1.807) is 0 Å². The summed E-state index contributed by atoms with van der Waals surface area (Å²) in [6, 6.07) is 15.8. The van der Waals surface area contributed by atoms with Crippen LogP contribution in [0.15, 0.2) is 48.5 Å². The summed E-state index contributed by atoms with van der Waals surface area (Å²) in [5.41, 5.74) is 5.45. The average Bonchev–Trinajstić information content (AvgIpc) is 2.87. The zero-order valence-electron chi connectivity index (χ0n) is 20.2. The van der Waals surface area contributed by atoms with Crippen LogP contribution in [0.5, 0.6) is 17.2 Å². The number of phenolic OH excluding ortho intramolecular Hbond substituents is 3. The highest BCUT2D eigenvalue weighted by Crippen LogP contribution is 2.50. The van der Waals surface area contributed by atoms with Gasteiger partial charge in [0.25, 0.3) is 0 Å². The Balaban J connectivity index is 1.65. The molecule has 2 saturated carbocycles. The first-order valence-electron chi connectivity index (χ1n) is 13.0. The van der Waals surface area contributed by atoms with Crippen LogP contribution in [0.2, 0.25) is 0 Å². The molecule has 0 radical (unpaired) electrons. The minimum atomic E-state index is 0.163. The van der Waals surface area contributed by atoms with Gasteiger partial charge in [-0.2, -0.15) is 0 Å². The predicted molar refractivity (Wildman–Crippen MR) is 139 cm³/mol. The van der Waals surface area contributed by atoms with Crippen LogP contribution in [-0.2, 0) is 0 Å². The van der Waals surface area contributed by atoms with Gasteiger partial charge in [-0.3, -0.25) is 0 Å². The molecule has 178 valence electrons. The van der Waals surface area contributed by atoms with Crippen molar-refractivity contribution in [3.05, 3.63) is 65.2 Å². The lowest BCUT2D eigenvalue weighted by Gasteiger charge is -2.25. The van der Waals surface area contributed by atoms with Crippen molar-refractivity contribution in [3.8, 4) is 39.5 Å². The fraction of sp³-hybridized carbons (Fsp3) is 0.419. The Bertz CT molecular complexity index is 1170. The number of benzene rings is 3. The van der Waals surface area contributed by atoms with Crippen molar-refractivity contribution < 1.29 is 15.3 Å². The van der Waals surface area contributed by atoms with Gasteiger partial charge in [0.1, 0.15) is 17.2 Å². The van der Waals surface area contributed by atoms with E-state index in [1.807, 2.05) is 55.5 Å². The molecule has 0 aliphatic heterocycles. The fourth-order valence-corrected chi connectivity index (χ4v) is 6.22. The summed E-state index contributed by atoms with van der Waals surface area (Å²) >= 11 is 0. The number of aromatic hydroxyl groups is 3. The van der Waals surface area contributed by atoms with Crippen LogP contribution in [0, 0.1) is 6.92 Å². The van der Waals surface area contributed by atoms with Crippen molar-refractivity contribution in [1.29, 1.82) is 0 Å². The molecule has 2 fully saturated rings. The normalized spacial score (nSPS) is 17.7. The SMILES string of the molecule is Cc1ccc(-c2cccc(C3CCCCC3)c2O)c(-c2cccc(C3CCCCC3)c2O)c1O. The maximum Gasteiger partial charge on any atom is 0.127 e. The Morgan fingerprint density at radius 2 is 1.03 bits per heavy atom. The average molecular weight is 457 g/mol. The molecular weight excluding hydrogens is 420 g/mol. The van der Waals surface area contributed by atoms with Crippen LogP contribution < -0.4 is 0 Å². The number of para-hydroxylation sites is 2. The highest BCUT2D eigenvalue weighted by Gasteiger charge is 2.26. The van der Waals surface area contributed by atoms with Crippen LogP contribution in [-0.4, -0.2) is 15.3 Å². The molecule has 0 atom stereocenters. The zero-order chi connectivity index (χ0) is 23.7. The number of hydrogen-bond donors (Lipinski definition) is 3. The van der Waals surface area contributed by atoms with Gasteiger partial charge in [0.05, 0.1) is 0 Å². The van der Waals surface area contributed by atoms with Gasteiger partial charge in [0, 0.05) is 16.7 Å². The Labute approximate surface area is 203 Å². The maximum atomic E-state index is 11.4. The Morgan fingerprint density at radius 3 is 1.59 bits per heavy atom. The van der Waals surface area contributed by atoms with E-state index < -0.39 is 0 Å². The van der Waals surface area contributed by atoms with Crippen molar-refractivity contribution in [1.82, 2.24) is 0 Å². The first-order chi connectivity index (χ1) is 16.6. The van der Waals surface area contributed by atoms with Crippen LogP contribution >= 0.6 is 0 Å². The predicted octanol–water partition coefficient (Wildman–Crippen LogP) is 8.54. The van der Waals surface area contributed by atoms with Gasteiger partial charge in [0.2, 0.25) is 0 Å². The first kappa shape index (κ1) is 22.8. The van der Waals surface area contributed by atoms with Crippen LogP contribution in [0.1, 0.15) is 92.7 Å². The third-order valence-corrected chi connectivity index (χ3v) is 8.16. The Morgan fingerprint density at radius 1 is 0.529 bits per heavy atom. The fourth-order valence-electron chi connectivity index (χ4n) is 6.22. The molecule has 0 amide bonds. The lowest BCUT2D eigenvalue weighted by molar-refractivity contribution is 0.414. The minimum absolute atomic E-state index is 0.163. The lowest BCUT2D eigenvalue weighted by Crippen LogP contribution is -2.05. The van der Waals surface area contributed by atoms with E-state index in [0.29, 0.717) is 28.7 Å². The minimum Gasteiger partial charge on any atom is -0.507 e. The van der Waals surface area contributed by atoms with E-state index in [2.05, 4.69) is 0 Å². The number of aryl methyl sites for hydroxylation is 1. The van der Waals surface area contributed by atoms with E-state index in [0.717, 1.165) is 53.5 Å². The first-order valence-corrected chi connectivity index (χ1v) is 13.0. The van der Waals surface area contributed by atoms with Gasteiger partial charge >= 0.3 is 0 Å². The summed E-state index contributed by atoms with van der Waals surface area (Å²) in [6.45, 7) is 1.88. The topological polar surface area (TPSA) is 60.7 Å². The molecule has 3 nitrogen and oxygen atoms in total. The third kappa shape index (κ3) is 4.17. The Hall–Kier alpha value is -2.94. The summed E-state index contributed by atoms with van der Waals surface area (Å²) in [5, 5.41) is 34.1. The highest BCUT2D eigenvalue weighted by molar-refractivity contribution is 5.93. The number of hydrogen-bond acceptors (Lipinski definition) is 3. The lowest BCUT2D eigenvalue weighted by atomic mass is 9.80. The van der Waals surface area contributed by atoms with E-state index in [-0.39, 0.29) is 11.5 Å². The number of phenols is 3. The molecule has 0 bridgehead atoms.